The van der Waals surface area contributed by atoms with Crippen molar-refractivity contribution in [3.05, 3.63) is 29.8 Å². The SMILES string of the molecule is COc1cc(/C=C\C(=O)OC2OC(COC3OC(CO)C(O)C(O)C3O)C(O)C(OC3OC(CO)C(O)C3O)C2O)ccc1O. The van der Waals surface area contributed by atoms with Crippen LogP contribution in [0.15, 0.2) is 24.3 Å². The molecule has 3 aliphatic heterocycles. The van der Waals surface area contributed by atoms with Gasteiger partial charge in [-0.25, -0.2) is 4.79 Å². The van der Waals surface area contributed by atoms with E-state index in [9.17, 15) is 55.9 Å². The fourth-order valence-electron chi connectivity index (χ4n) is 4.94. The molecule has 3 saturated heterocycles. The van der Waals surface area contributed by atoms with E-state index in [1.165, 1.54) is 31.4 Å². The Morgan fingerprint density at radius 2 is 1.38 bits per heavy atom. The Labute approximate surface area is 255 Å². The summed E-state index contributed by atoms with van der Waals surface area (Å²) in [6.45, 7) is -2.09. The van der Waals surface area contributed by atoms with E-state index in [1.54, 1.807) is 0 Å². The van der Waals surface area contributed by atoms with Crippen molar-refractivity contribution in [3.8, 4) is 11.5 Å². The van der Waals surface area contributed by atoms with Gasteiger partial charge in [0.2, 0.25) is 6.29 Å². The first-order chi connectivity index (χ1) is 21.4. The molecule has 0 spiro atoms. The average Bonchev–Trinajstić information content (AvgIpc) is 3.30. The number of hydrogen-bond acceptors (Lipinski definition) is 18. The maximum Gasteiger partial charge on any atom is 0.333 e. The van der Waals surface area contributed by atoms with Crippen molar-refractivity contribution in [2.24, 2.45) is 0 Å². The molecule has 0 aliphatic carbocycles. The molecule has 18 nitrogen and oxygen atoms in total. The Bertz CT molecular complexity index is 1150. The Hall–Kier alpha value is -2.53. The number of methoxy groups -OCH3 is 1. The van der Waals surface area contributed by atoms with Gasteiger partial charge in [0.15, 0.2) is 24.1 Å². The van der Waals surface area contributed by atoms with E-state index in [-0.39, 0.29) is 11.5 Å². The van der Waals surface area contributed by atoms with Gasteiger partial charge in [-0.1, -0.05) is 6.07 Å². The third-order valence-electron chi connectivity index (χ3n) is 7.55. The number of benzene rings is 1. The summed E-state index contributed by atoms with van der Waals surface area (Å²) in [7, 11) is 1.34. The molecule has 1 aromatic carbocycles. The fraction of sp³-hybridized carbons (Fsp3) is 0.667. The third kappa shape index (κ3) is 7.89. The first-order valence-corrected chi connectivity index (χ1v) is 13.9. The van der Waals surface area contributed by atoms with Crippen LogP contribution in [0.4, 0.5) is 0 Å². The van der Waals surface area contributed by atoms with Crippen LogP contribution in [0.1, 0.15) is 5.56 Å². The summed E-state index contributed by atoms with van der Waals surface area (Å²) < 4.78 is 37.4. The largest absolute Gasteiger partial charge is 0.504 e. The van der Waals surface area contributed by atoms with Crippen LogP contribution < -0.4 is 4.74 Å². The molecular formula is C27H38O18. The first kappa shape index (κ1) is 35.3. The monoisotopic (exact) mass is 650 g/mol. The lowest BCUT2D eigenvalue weighted by Gasteiger charge is -2.44. The number of aliphatic hydroxyl groups is 9. The van der Waals surface area contributed by atoms with E-state index in [2.05, 4.69) is 0 Å². The number of aliphatic hydroxyl groups excluding tert-OH is 9. The lowest BCUT2D eigenvalue weighted by Crippen LogP contribution is -2.63. The maximum absolute atomic E-state index is 12.7. The number of phenolic OH excluding ortho intramolecular Hbond substituents is 1. The molecular weight excluding hydrogens is 612 g/mol. The number of ether oxygens (including phenoxy) is 7. The molecule has 4 rings (SSSR count). The average molecular weight is 651 g/mol. The lowest BCUT2D eigenvalue weighted by atomic mass is 9.98. The first-order valence-electron chi connectivity index (χ1n) is 13.9. The van der Waals surface area contributed by atoms with Gasteiger partial charge in [-0.3, -0.25) is 0 Å². The molecule has 1 aromatic rings. The van der Waals surface area contributed by atoms with Crippen molar-refractivity contribution in [1.82, 2.24) is 0 Å². The molecule has 45 heavy (non-hydrogen) atoms. The van der Waals surface area contributed by atoms with Gasteiger partial charge in [-0.05, 0) is 23.8 Å². The maximum atomic E-state index is 12.7. The second-order valence-electron chi connectivity index (χ2n) is 10.6. The predicted octanol–water partition coefficient (Wildman–Crippen LogP) is -4.96. The molecule has 3 fully saturated rings. The molecule has 14 unspecified atom stereocenters. The molecule has 254 valence electrons. The minimum absolute atomic E-state index is 0.133. The Kier molecular flexibility index (Phi) is 12.1. The number of carbonyl (C=O) groups excluding carboxylic acids is 1. The fourth-order valence-corrected chi connectivity index (χ4v) is 4.94. The zero-order valence-electron chi connectivity index (χ0n) is 23.8. The normalized spacial score (nSPS) is 40.5. The lowest BCUT2D eigenvalue weighted by molar-refractivity contribution is -0.340. The highest BCUT2D eigenvalue weighted by atomic mass is 16.8. The smallest absolute Gasteiger partial charge is 0.333 e. The van der Waals surface area contributed by atoms with Gasteiger partial charge < -0.3 is 84.2 Å². The standard InChI is InChI=1S/C27H38O18/c1-39-12-6-10(2-4-11(12)30)3-5-16(31)44-27-23(38)24(45-26-21(36)18(33)14(8-29)42-26)19(34)15(43-27)9-40-25-22(37)20(35)17(32)13(7-28)41-25/h2-6,13-15,17-30,32-38H,7-9H2,1H3/b5-3-. The van der Waals surface area contributed by atoms with Crippen molar-refractivity contribution in [2.45, 2.75) is 86.0 Å². The number of phenols is 1. The van der Waals surface area contributed by atoms with Gasteiger partial charge in [-0.2, -0.15) is 0 Å². The van der Waals surface area contributed by atoms with Crippen LogP contribution >= 0.6 is 0 Å². The zero-order chi connectivity index (χ0) is 33.0. The van der Waals surface area contributed by atoms with E-state index in [1.807, 2.05) is 0 Å². The highest BCUT2D eigenvalue weighted by Gasteiger charge is 2.52. The van der Waals surface area contributed by atoms with Crippen molar-refractivity contribution < 1.29 is 89.0 Å². The summed E-state index contributed by atoms with van der Waals surface area (Å²) >= 11 is 0. The third-order valence-corrected chi connectivity index (χ3v) is 7.55. The van der Waals surface area contributed by atoms with Crippen molar-refractivity contribution >= 4 is 12.0 Å². The molecule has 3 aliphatic rings. The Morgan fingerprint density at radius 3 is 2.02 bits per heavy atom. The van der Waals surface area contributed by atoms with E-state index in [4.69, 9.17) is 33.2 Å². The zero-order valence-corrected chi connectivity index (χ0v) is 23.8. The van der Waals surface area contributed by atoms with Crippen LogP contribution in [0.3, 0.4) is 0 Å². The van der Waals surface area contributed by atoms with Crippen LogP contribution in [0.2, 0.25) is 0 Å². The Balaban J connectivity index is 1.50. The second kappa shape index (κ2) is 15.4. The van der Waals surface area contributed by atoms with Crippen molar-refractivity contribution in [1.29, 1.82) is 0 Å². The highest BCUT2D eigenvalue weighted by molar-refractivity contribution is 5.87. The molecule has 10 N–H and O–H groups in total. The Morgan fingerprint density at radius 1 is 0.778 bits per heavy atom. The minimum Gasteiger partial charge on any atom is -0.504 e. The molecule has 0 aromatic heterocycles. The van der Waals surface area contributed by atoms with Gasteiger partial charge in [0.1, 0.15) is 67.1 Å². The molecule has 3 heterocycles. The summed E-state index contributed by atoms with van der Waals surface area (Å²) in [5, 5.41) is 101. The number of hydrogen-bond donors (Lipinski definition) is 10. The van der Waals surface area contributed by atoms with Gasteiger partial charge in [0.25, 0.3) is 0 Å². The second-order valence-corrected chi connectivity index (χ2v) is 10.6. The number of aromatic hydroxyl groups is 1. The van der Waals surface area contributed by atoms with Crippen LogP contribution in [0.5, 0.6) is 11.5 Å². The summed E-state index contributed by atoms with van der Waals surface area (Å²) in [5.41, 5.74) is 0.429. The van der Waals surface area contributed by atoms with E-state index >= 15 is 0 Å². The van der Waals surface area contributed by atoms with Crippen LogP contribution in [0.25, 0.3) is 6.08 Å². The molecule has 14 atom stereocenters. The van der Waals surface area contributed by atoms with Gasteiger partial charge >= 0.3 is 5.97 Å². The summed E-state index contributed by atoms with van der Waals surface area (Å²) in [6, 6.07) is 4.24. The van der Waals surface area contributed by atoms with Gasteiger partial charge in [0.05, 0.1) is 26.9 Å². The molecule has 0 saturated carbocycles. The predicted molar refractivity (Wildman–Crippen MR) is 143 cm³/mol. The minimum atomic E-state index is -1.92. The number of esters is 1. The number of rotatable bonds is 11. The number of carbonyl (C=O) groups is 1. The summed E-state index contributed by atoms with van der Waals surface area (Å²) in [6.07, 6.45) is -20.9. The summed E-state index contributed by atoms with van der Waals surface area (Å²) in [4.78, 5) is 12.7. The van der Waals surface area contributed by atoms with Gasteiger partial charge in [-0.15, -0.1) is 0 Å². The van der Waals surface area contributed by atoms with Gasteiger partial charge in [0, 0.05) is 6.08 Å². The molecule has 0 amide bonds. The topological polar surface area (TPSA) is 284 Å². The van der Waals surface area contributed by atoms with Crippen LogP contribution in [0, 0.1) is 0 Å². The molecule has 0 radical (unpaired) electrons. The van der Waals surface area contributed by atoms with Crippen molar-refractivity contribution in [2.75, 3.05) is 26.9 Å². The van der Waals surface area contributed by atoms with Crippen LogP contribution in [-0.4, -0.2) is 170 Å². The molecule has 18 heteroatoms. The quantitative estimate of drug-likeness (QED) is 0.0793. The van der Waals surface area contributed by atoms with Crippen LogP contribution in [-0.2, 0) is 33.2 Å². The molecule has 0 bridgehead atoms. The van der Waals surface area contributed by atoms with Crippen molar-refractivity contribution in [3.63, 3.8) is 0 Å². The summed E-state index contributed by atoms with van der Waals surface area (Å²) in [5.74, 6) is -1.04. The highest BCUT2D eigenvalue weighted by Crippen LogP contribution is 2.31. The van der Waals surface area contributed by atoms with E-state index in [0.717, 1.165) is 6.08 Å². The van der Waals surface area contributed by atoms with E-state index < -0.39 is 112 Å². The van der Waals surface area contributed by atoms with E-state index in [0.29, 0.717) is 5.56 Å².